The molecule has 116 valence electrons. The molecule has 1 atom stereocenters. The van der Waals surface area contributed by atoms with Crippen molar-refractivity contribution >= 4 is 28.4 Å². The summed E-state index contributed by atoms with van der Waals surface area (Å²) in [6.45, 7) is 1.75. The van der Waals surface area contributed by atoms with Crippen molar-refractivity contribution in [2.75, 3.05) is 13.7 Å². The van der Waals surface area contributed by atoms with Gasteiger partial charge >= 0.3 is 0 Å². The Hall–Kier alpha value is -1.65. The number of carbonyl (C=O) groups excluding carboxylic acids is 1. The zero-order chi connectivity index (χ0) is 15.9. The van der Waals surface area contributed by atoms with E-state index < -0.39 is 0 Å². The predicted octanol–water partition coefficient (Wildman–Crippen LogP) is 3.22. The molecule has 1 aromatic carbocycles. The van der Waals surface area contributed by atoms with Crippen molar-refractivity contribution in [2.45, 2.75) is 31.7 Å². The largest absolute Gasteiger partial charge is 0.394 e. The number of hydrogen-bond acceptors (Lipinski definition) is 3. The van der Waals surface area contributed by atoms with E-state index in [2.05, 4.69) is 4.98 Å². The molecule has 0 aliphatic heterocycles. The molecule has 0 saturated heterocycles. The minimum Gasteiger partial charge on any atom is -0.394 e. The second-order valence-electron chi connectivity index (χ2n) is 5.98. The molecule has 1 aliphatic carbocycles. The summed E-state index contributed by atoms with van der Waals surface area (Å²) in [5.41, 5.74) is 2.38. The molecule has 0 radical (unpaired) electrons. The van der Waals surface area contributed by atoms with E-state index >= 15 is 0 Å². The van der Waals surface area contributed by atoms with E-state index in [0.717, 1.165) is 29.4 Å². The summed E-state index contributed by atoms with van der Waals surface area (Å²) in [7, 11) is 1.71. The topological polar surface area (TPSA) is 53.4 Å². The Balaban J connectivity index is 2.13. The molecule has 4 nitrogen and oxygen atoms in total. The normalized spacial score (nSPS) is 15.8. The van der Waals surface area contributed by atoms with Crippen LogP contribution in [0.4, 0.5) is 0 Å². The zero-order valence-electron chi connectivity index (χ0n) is 12.7. The molecule has 1 saturated carbocycles. The Morgan fingerprint density at radius 1 is 1.45 bits per heavy atom. The molecule has 0 bridgehead atoms. The molecule has 0 unspecified atom stereocenters. The van der Waals surface area contributed by atoms with Crippen LogP contribution in [0.2, 0.25) is 5.02 Å². The average molecular weight is 319 g/mol. The minimum atomic E-state index is -0.237. The summed E-state index contributed by atoms with van der Waals surface area (Å²) in [5, 5.41) is 10.6. The van der Waals surface area contributed by atoms with Crippen LogP contribution in [-0.4, -0.2) is 40.6 Å². The third kappa shape index (κ3) is 2.81. The first-order chi connectivity index (χ1) is 10.5. The summed E-state index contributed by atoms with van der Waals surface area (Å²) in [6.07, 6.45) is 2.26. The number of amides is 1. The second-order valence-corrected chi connectivity index (χ2v) is 6.41. The second kappa shape index (κ2) is 5.86. The lowest BCUT2D eigenvalue weighted by atomic mass is 10.0. The quantitative estimate of drug-likeness (QED) is 0.941. The van der Waals surface area contributed by atoms with E-state index in [9.17, 15) is 9.90 Å². The summed E-state index contributed by atoms with van der Waals surface area (Å²) in [6, 6.07) is 7.08. The van der Waals surface area contributed by atoms with E-state index in [0.29, 0.717) is 16.5 Å². The fourth-order valence-corrected chi connectivity index (χ4v) is 2.67. The molecule has 3 rings (SSSR count). The number of pyridine rings is 1. The predicted molar refractivity (Wildman–Crippen MR) is 87.4 cm³/mol. The van der Waals surface area contributed by atoms with Crippen LogP contribution in [0.5, 0.6) is 0 Å². The molecule has 2 aromatic rings. The molecule has 1 N–H and O–H groups in total. The van der Waals surface area contributed by atoms with Crippen molar-refractivity contribution in [1.82, 2.24) is 9.88 Å². The van der Waals surface area contributed by atoms with Gasteiger partial charge in [0.2, 0.25) is 0 Å². The van der Waals surface area contributed by atoms with Crippen molar-refractivity contribution in [3.8, 4) is 0 Å². The first-order valence-electron chi connectivity index (χ1n) is 7.49. The third-order valence-corrected chi connectivity index (χ3v) is 4.50. The third-order valence-electron chi connectivity index (χ3n) is 4.26. The fraction of sp³-hybridized carbons (Fsp3) is 0.412. The molecule has 1 aliphatic rings. The van der Waals surface area contributed by atoms with Crippen LogP contribution < -0.4 is 0 Å². The number of nitrogens with zero attached hydrogens (tertiary/aromatic N) is 2. The van der Waals surface area contributed by atoms with E-state index in [1.54, 1.807) is 24.1 Å². The molecule has 22 heavy (non-hydrogen) atoms. The minimum absolute atomic E-state index is 0.0680. The van der Waals surface area contributed by atoms with Gasteiger partial charge in [-0.25, -0.2) is 0 Å². The maximum atomic E-state index is 12.8. The highest BCUT2D eigenvalue weighted by Crippen LogP contribution is 2.40. The maximum absolute atomic E-state index is 12.8. The van der Waals surface area contributed by atoms with Crippen molar-refractivity contribution in [3.63, 3.8) is 0 Å². The summed E-state index contributed by atoms with van der Waals surface area (Å²) >= 11 is 6.09. The molecule has 1 fully saturated rings. The zero-order valence-corrected chi connectivity index (χ0v) is 13.5. The molecule has 1 amide bonds. The van der Waals surface area contributed by atoms with E-state index in [-0.39, 0.29) is 18.6 Å². The number of halogens is 1. The number of fused-ring (bicyclic) bond motifs is 1. The SMILES string of the molecule is C[C@H](CO)N(C)C(=O)c1cc(C2CC2)nc2ccc(Cl)cc12. The van der Waals surface area contributed by atoms with Gasteiger partial charge < -0.3 is 10.0 Å². The van der Waals surface area contributed by atoms with Gasteiger partial charge in [0.15, 0.2) is 0 Å². The molecule has 0 spiro atoms. The summed E-state index contributed by atoms with van der Waals surface area (Å²) < 4.78 is 0. The maximum Gasteiger partial charge on any atom is 0.254 e. The van der Waals surface area contributed by atoms with Gasteiger partial charge in [0.05, 0.1) is 23.7 Å². The molecular weight excluding hydrogens is 300 g/mol. The Bertz CT molecular complexity index is 728. The monoisotopic (exact) mass is 318 g/mol. The smallest absolute Gasteiger partial charge is 0.254 e. The van der Waals surface area contributed by atoms with Crippen molar-refractivity contribution in [3.05, 3.63) is 40.5 Å². The van der Waals surface area contributed by atoms with Gasteiger partial charge in [-0.15, -0.1) is 0 Å². The first kappa shape index (κ1) is 15.3. The van der Waals surface area contributed by atoms with Gasteiger partial charge in [-0.3, -0.25) is 9.78 Å². The molecule has 5 heteroatoms. The molecular formula is C17H19ClN2O2. The van der Waals surface area contributed by atoms with E-state index in [1.165, 1.54) is 0 Å². The number of carbonyl (C=O) groups is 1. The number of aliphatic hydroxyl groups excluding tert-OH is 1. The Morgan fingerprint density at radius 2 is 2.18 bits per heavy atom. The highest BCUT2D eigenvalue weighted by molar-refractivity contribution is 6.31. The van der Waals surface area contributed by atoms with E-state index in [4.69, 9.17) is 11.6 Å². The Morgan fingerprint density at radius 3 is 2.82 bits per heavy atom. The van der Waals surface area contributed by atoms with Gasteiger partial charge in [-0.1, -0.05) is 11.6 Å². The Kier molecular flexibility index (Phi) is 4.06. The van der Waals surface area contributed by atoms with E-state index in [1.807, 2.05) is 19.1 Å². The summed E-state index contributed by atoms with van der Waals surface area (Å²) in [4.78, 5) is 19.0. The highest BCUT2D eigenvalue weighted by atomic mass is 35.5. The average Bonchev–Trinajstić information content (AvgIpc) is 3.36. The van der Waals surface area contributed by atoms with Crippen LogP contribution in [0.15, 0.2) is 24.3 Å². The van der Waals surface area contributed by atoms with Gasteiger partial charge in [-0.2, -0.15) is 0 Å². The van der Waals surface area contributed by atoms with Crippen molar-refractivity contribution < 1.29 is 9.90 Å². The first-order valence-corrected chi connectivity index (χ1v) is 7.87. The van der Waals surface area contributed by atoms with Crippen molar-refractivity contribution in [2.24, 2.45) is 0 Å². The van der Waals surface area contributed by atoms with Crippen LogP contribution in [0.25, 0.3) is 10.9 Å². The number of hydrogen-bond donors (Lipinski definition) is 1. The fourth-order valence-electron chi connectivity index (χ4n) is 2.50. The number of benzene rings is 1. The van der Waals surface area contributed by atoms with Gasteiger partial charge in [0.25, 0.3) is 5.91 Å². The number of aromatic nitrogens is 1. The highest BCUT2D eigenvalue weighted by Gasteiger charge is 2.28. The lowest BCUT2D eigenvalue weighted by Gasteiger charge is -2.24. The van der Waals surface area contributed by atoms with Crippen LogP contribution >= 0.6 is 11.6 Å². The van der Waals surface area contributed by atoms with Crippen LogP contribution in [0.3, 0.4) is 0 Å². The van der Waals surface area contributed by atoms with Crippen molar-refractivity contribution in [1.29, 1.82) is 0 Å². The van der Waals surface area contributed by atoms with Crippen LogP contribution in [0.1, 0.15) is 41.7 Å². The lowest BCUT2D eigenvalue weighted by molar-refractivity contribution is 0.0684. The lowest BCUT2D eigenvalue weighted by Crippen LogP contribution is -2.37. The molecule has 1 aromatic heterocycles. The number of likely N-dealkylation sites (N-methyl/N-ethyl adjacent to an activating group) is 1. The van der Waals surface area contributed by atoms with Crippen LogP contribution in [0, 0.1) is 0 Å². The van der Waals surface area contributed by atoms with Gasteiger partial charge in [0, 0.05) is 29.1 Å². The van der Waals surface area contributed by atoms with Crippen LogP contribution in [-0.2, 0) is 0 Å². The van der Waals surface area contributed by atoms with Gasteiger partial charge in [0.1, 0.15) is 0 Å². The standard InChI is InChI=1S/C17H19ClN2O2/c1-10(9-21)20(2)17(22)14-8-16(11-3-4-11)19-15-6-5-12(18)7-13(14)15/h5-8,10-11,21H,3-4,9H2,1-2H3/t10-/m1/s1. The number of aliphatic hydroxyl groups is 1. The van der Waals surface area contributed by atoms with Gasteiger partial charge in [-0.05, 0) is 44.0 Å². The molecule has 1 heterocycles. The Labute approximate surface area is 134 Å². The summed E-state index contributed by atoms with van der Waals surface area (Å²) in [5.74, 6) is 0.352. The number of rotatable bonds is 4.